The molecule has 1 aromatic rings. The van der Waals surface area contributed by atoms with E-state index in [2.05, 4.69) is 6.07 Å². The van der Waals surface area contributed by atoms with Gasteiger partial charge < -0.3 is 4.74 Å². The fraction of sp³-hybridized carbons (Fsp3) is 0.111. The Morgan fingerprint density at radius 2 is 1.92 bits per heavy atom. The Hall–Kier alpha value is -0.162. The molecule has 0 spiro atoms. The van der Waals surface area contributed by atoms with Crippen LogP contribution in [0.1, 0.15) is 5.56 Å². The van der Waals surface area contributed by atoms with Crippen LogP contribution in [0.3, 0.4) is 0 Å². The third kappa shape index (κ3) is 2.41. The van der Waals surface area contributed by atoms with Crippen LogP contribution >= 0.6 is 0 Å². The Morgan fingerprint density at radius 1 is 1.17 bits per heavy atom. The summed E-state index contributed by atoms with van der Waals surface area (Å²) in [5.74, 6) is 0.991. The van der Waals surface area contributed by atoms with E-state index in [0.29, 0.717) is 0 Å². The molecule has 2 rings (SSSR count). The Balaban J connectivity index is 0.000000605. The zero-order valence-electron chi connectivity index (χ0n) is 6.33. The molecule has 1 aromatic carbocycles. The molecule has 1 aliphatic rings. The van der Waals surface area contributed by atoms with E-state index < -0.39 is 0 Å². The molecular weight excluding hydrogens is 263 g/mol. The van der Waals surface area contributed by atoms with Crippen molar-refractivity contribution in [2.45, 2.75) is 6.42 Å². The Morgan fingerprint density at radius 3 is 2.67 bits per heavy atom. The Kier molecular flexibility index (Phi) is 5.40. The molecular formula is C9H8AsCuO. The van der Waals surface area contributed by atoms with Crippen molar-refractivity contribution in [1.82, 2.24) is 0 Å². The van der Waals surface area contributed by atoms with Crippen molar-refractivity contribution in [3.63, 3.8) is 0 Å². The summed E-state index contributed by atoms with van der Waals surface area (Å²) in [6.45, 7) is 0. The van der Waals surface area contributed by atoms with E-state index in [1.807, 2.05) is 24.3 Å². The van der Waals surface area contributed by atoms with Crippen LogP contribution in [-0.4, -0.2) is 18.0 Å². The van der Waals surface area contributed by atoms with Crippen LogP contribution in [-0.2, 0) is 23.5 Å². The molecule has 4 radical (unpaired) electrons. The average molecular weight is 271 g/mol. The van der Waals surface area contributed by atoms with Gasteiger partial charge in [0.1, 0.15) is 5.75 Å². The molecule has 0 aliphatic carbocycles. The third-order valence-electron chi connectivity index (χ3n) is 1.60. The third-order valence-corrected chi connectivity index (χ3v) is 1.60. The van der Waals surface area contributed by atoms with Crippen molar-refractivity contribution in [2.24, 2.45) is 0 Å². The molecule has 0 atom stereocenters. The van der Waals surface area contributed by atoms with Gasteiger partial charge in [0.25, 0.3) is 0 Å². The maximum absolute atomic E-state index is 5.24. The van der Waals surface area contributed by atoms with Crippen LogP contribution in [0, 0.1) is 0 Å². The first kappa shape index (κ1) is 11.8. The quantitative estimate of drug-likeness (QED) is 0.653. The van der Waals surface area contributed by atoms with Crippen LogP contribution in [0.2, 0.25) is 0 Å². The molecule has 1 heterocycles. The molecule has 12 heavy (non-hydrogen) atoms. The summed E-state index contributed by atoms with van der Waals surface area (Å²) in [4.78, 5) is 0. The second-order valence-electron chi connectivity index (χ2n) is 2.30. The standard InChI is InChI=1S/C9H8O.As.Cu/c1-2-6-9-8(4-1)5-3-7-10-9;;/h1-4,6-7H,5H2;;. The van der Waals surface area contributed by atoms with Crippen molar-refractivity contribution >= 4 is 18.0 Å². The second-order valence-corrected chi connectivity index (χ2v) is 2.30. The largest absolute Gasteiger partial charge is 0.465 e. The summed E-state index contributed by atoms with van der Waals surface area (Å²) in [6.07, 6.45) is 4.75. The smallest absolute Gasteiger partial charge is 0.130 e. The van der Waals surface area contributed by atoms with Gasteiger partial charge in [0.2, 0.25) is 0 Å². The van der Waals surface area contributed by atoms with Crippen molar-refractivity contribution in [3.05, 3.63) is 42.2 Å². The number of hydrogen-bond donors (Lipinski definition) is 0. The fourth-order valence-corrected chi connectivity index (χ4v) is 1.08. The average Bonchev–Trinajstić information content (AvgIpc) is 2.05. The Labute approximate surface area is 94.0 Å². The van der Waals surface area contributed by atoms with Crippen molar-refractivity contribution in [1.29, 1.82) is 0 Å². The molecule has 0 fully saturated rings. The van der Waals surface area contributed by atoms with Crippen LogP contribution in [0.5, 0.6) is 5.75 Å². The molecule has 0 N–H and O–H groups in total. The van der Waals surface area contributed by atoms with Gasteiger partial charge in [-0.25, -0.2) is 0 Å². The summed E-state index contributed by atoms with van der Waals surface area (Å²) in [5, 5.41) is 0. The summed E-state index contributed by atoms with van der Waals surface area (Å²) in [6, 6.07) is 8.08. The molecule has 0 saturated heterocycles. The molecule has 0 unspecified atom stereocenters. The van der Waals surface area contributed by atoms with Gasteiger partial charge in [-0.15, -0.1) is 0 Å². The van der Waals surface area contributed by atoms with E-state index in [1.54, 1.807) is 6.26 Å². The van der Waals surface area contributed by atoms with Crippen molar-refractivity contribution in [2.75, 3.05) is 0 Å². The van der Waals surface area contributed by atoms with E-state index in [9.17, 15) is 0 Å². The molecule has 1 nitrogen and oxygen atoms in total. The molecule has 0 amide bonds. The van der Waals surface area contributed by atoms with E-state index in [4.69, 9.17) is 4.74 Å². The molecule has 0 aromatic heterocycles. The normalized spacial score (nSPS) is 11.7. The Bertz CT molecular complexity index is 246. The second kappa shape index (κ2) is 5.48. The maximum atomic E-state index is 5.24. The predicted octanol–water partition coefficient (Wildman–Crippen LogP) is 1.75. The van der Waals surface area contributed by atoms with Gasteiger partial charge in [0.05, 0.1) is 6.26 Å². The van der Waals surface area contributed by atoms with Gasteiger partial charge in [0.15, 0.2) is 0 Å². The van der Waals surface area contributed by atoms with E-state index in [1.165, 1.54) is 5.56 Å². The van der Waals surface area contributed by atoms with Crippen LogP contribution in [0.15, 0.2) is 36.6 Å². The first-order valence-corrected chi connectivity index (χ1v) is 3.36. The summed E-state index contributed by atoms with van der Waals surface area (Å²) >= 11 is 0. The zero-order chi connectivity index (χ0) is 6.81. The van der Waals surface area contributed by atoms with Crippen LogP contribution in [0.25, 0.3) is 0 Å². The molecule has 0 saturated carbocycles. The predicted molar refractivity (Wildman–Crippen MR) is 45.7 cm³/mol. The minimum Gasteiger partial charge on any atom is -0.465 e. The van der Waals surface area contributed by atoms with Crippen LogP contribution in [0.4, 0.5) is 0 Å². The SMILES string of the molecule is C1=COc2ccccc2C1.[As].[Cu]. The zero-order valence-corrected chi connectivity index (χ0v) is 9.15. The number of hydrogen-bond acceptors (Lipinski definition) is 1. The van der Waals surface area contributed by atoms with Gasteiger partial charge in [0, 0.05) is 35.0 Å². The van der Waals surface area contributed by atoms with Crippen molar-refractivity contribution in [3.8, 4) is 5.75 Å². The minimum atomic E-state index is 0. The molecule has 66 valence electrons. The van der Waals surface area contributed by atoms with Crippen LogP contribution < -0.4 is 4.74 Å². The number of fused-ring (bicyclic) bond motifs is 1. The molecule has 0 bridgehead atoms. The fourth-order valence-electron chi connectivity index (χ4n) is 1.08. The number of para-hydroxylation sites is 1. The van der Waals surface area contributed by atoms with Gasteiger partial charge in [-0.3, -0.25) is 0 Å². The number of rotatable bonds is 0. The monoisotopic (exact) mass is 270 g/mol. The summed E-state index contributed by atoms with van der Waals surface area (Å²) in [7, 11) is 0. The first-order valence-electron chi connectivity index (χ1n) is 3.36. The minimum absolute atomic E-state index is 0. The van der Waals surface area contributed by atoms with Crippen molar-refractivity contribution < 1.29 is 21.8 Å². The van der Waals surface area contributed by atoms with Gasteiger partial charge >= 0.3 is 0 Å². The summed E-state index contributed by atoms with van der Waals surface area (Å²) < 4.78 is 5.24. The number of ether oxygens (including phenoxy) is 1. The molecule has 3 heteroatoms. The van der Waals surface area contributed by atoms with Gasteiger partial charge in [-0.2, -0.15) is 0 Å². The van der Waals surface area contributed by atoms with E-state index in [-0.39, 0.29) is 35.0 Å². The number of allylic oxidation sites excluding steroid dienone is 1. The number of benzene rings is 1. The van der Waals surface area contributed by atoms with E-state index in [0.717, 1.165) is 12.2 Å². The van der Waals surface area contributed by atoms with E-state index >= 15 is 0 Å². The topological polar surface area (TPSA) is 9.23 Å². The first-order chi connectivity index (χ1) is 4.97. The van der Waals surface area contributed by atoms with Gasteiger partial charge in [-0.1, -0.05) is 18.2 Å². The molecule has 1 aliphatic heterocycles. The van der Waals surface area contributed by atoms with Gasteiger partial charge in [-0.05, 0) is 24.1 Å². The summed E-state index contributed by atoms with van der Waals surface area (Å²) in [5.41, 5.74) is 1.27. The maximum Gasteiger partial charge on any atom is 0.130 e.